The van der Waals surface area contributed by atoms with Crippen molar-refractivity contribution in [3.63, 3.8) is 0 Å². The molecule has 0 spiro atoms. The van der Waals surface area contributed by atoms with Crippen molar-refractivity contribution in [3.05, 3.63) is 23.9 Å². The van der Waals surface area contributed by atoms with E-state index in [-0.39, 0.29) is 0 Å². The van der Waals surface area contributed by atoms with E-state index in [1.54, 1.807) is 0 Å². The molecule has 1 aromatic heterocycles. The van der Waals surface area contributed by atoms with Crippen LogP contribution in [0, 0.1) is 12.3 Å². The summed E-state index contributed by atoms with van der Waals surface area (Å²) >= 11 is 0. The lowest BCUT2D eigenvalue weighted by Crippen LogP contribution is -2.39. The number of aromatic nitrogens is 1. The average molecular weight is 218 g/mol. The number of pyridine rings is 1. The summed E-state index contributed by atoms with van der Waals surface area (Å²) in [4.78, 5) is 4.52. The summed E-state index contributed by atoms with van der Waals surface area (Å²) in [7, 11) is 0. The van der Waals surface area contributed by atoms with E-state index in [0.717, 1.165) is 11.5 Å². The maximum atomic E-state index is 4.52. The summed E-state index contributed by atoms with van der Waals surface area (Å²) < 4.78 is 0. The van der Waals surface area contributed by atoms with E-state index in [2.05, 4.69) is 36.3 Å². The molecule has 1 aliphatic carbocycles. The van der Waals surface area contributed by atoms with Gasteiger partial charge in [-0.15, -0.1) is 0 Å². The Kier molecular flexibility index (Phi) is 3.17. The monoisotopic (exact) mass is 218 g/mol. The average Bonchev–Trinajstić information content (AvgIpc) is 2.21. The van der Waals surface area contributed by atoms with E-state index >= 15 is 0 Å². The van der Waals surface area contributed by atoms with Crippen LogP contribution in [0.4, 0.5) is 5.82 Å². The van der Waals surface area contributed by atoms with Gasteiger partial charge < -0.3 is 5.32 Å². The number of hydrogen-bond donors (Lipinski definition) is 1. The molecular weight excluding hydrogens is 196 g/mol. The number of nitrogens with one attached hydrogen (secondary N) is 1. The fourth-order valence-electron chi connectivity index (χ4n) is 2.56. The molecule has 2 nitrogen and oxygen atoms in total. The van der Waals surface area contributed by atoms with E-state index in [0.29, 0.717) is 11.5 Å². The van der Waals surface area contributed by atoms with Crippen molar-refractivity contribution in [2.45, 2.75) is 52.5 Å². The number of rotatable bonds is 2. The molecule has 2 rings (SSSR count). The fourth-order valence-corrected chi connectivity index (χ4v) is 2.56. The zero-order valence-corrected chi connectivity index (χ0v) is 10.6. The summed E-state index contributed by atoms with van der Waals surface area (Å²) in [6.45, 7) is 6.76. The van der Waals surface area contributed by atoms with Gasteiger partial charge in [0.25, 0.3) is 0 Å². The first-order valence-electron chi connectivity index (χ1n) is 6.28. The van der Waals surface area contributed by atoms with Crippen LogP contribution < -0.4 is 5.32 Å². The second-order valence-corrected chi connectivity index (χ2v) is 5.60. The first kappa shape index (κ1) is 11.4. The number of anilines is 1. The highest BCUT2D eigenvalue weighted by Crippen LogP contribution is 2.36. The van der Waals surface area contributed by atoms with Gasteiger partial charge in [0.2, 0.25) is 0 Å². The van der Waals surface area contributed by atoms with E-state index in [4.69, 9.17) is 0 Å². The summed E-state index contributed by atoms with van der Waals surface area (Å²) in [5.74, 6) is 1.03. The van der Waals surface area contributed by atoms with Crippen molar-refractivity contribution in [1.82, 2.24) is 4.98 Å². The first-order valence-corrected chi connectivity index (χ1v) is 6.28. The van der Waals surface area contributed by atoms with Crippen LogP contribution in [-0.4, -0.2) is 11.0 Å². The zero-order valence-electron chi connectivity index (χ0n) is 10.6. The van der Waals surface area contributed by atoms with Crippen molar-refractivity contribution in [2.24, 2.45) is 5.41 Å². The molecule has 0 aromatic carbocycles. The maximum Gasteiger partial charge on any atom is 0.126 e. The molecule has 1 aliphatic rings. The Morgan fingerprint density at radius 1 is 1.31 bits per heavy atom. The van der Waals surface area contributed by atoms with E-state index in [1.165, 1.54) is 25.7 Å². The van der Waals surface area contributed by atoms with Gasteiger partial charge in [0.15, 0.2) is 0 Å². The normalized spacial score (nSPS) is 24.1. The topological polar surface area (TPSA) is 24.9 Å². The van der Waals surface area contributed by atoms with Crippen LogP contribution in [0.5, 0.6) is 0 Å². The molecule has 0 radical (unpaired) electrons. The lowest BCUT2D eigenvalue weighted by Gasteiger charge is -2.39. The van der Waals surface area contributed by atoms with Gasteiger partial charge in [-0.1, -0.05) is 32.8 Å². The smallest absolute Gasteiger partial charge is 0.126 e. The van der Waals surface area contributed by atoms with Crippen LogP contribution >= 0.6 is 0 Å². The van der Waals surface area contributed by atoms with Crippen LogP contribution in [0.1, 0.15) is 45.2 Å². The van der Waals surface area contributed by atoms with Crippen molar-refractivity contribution >= 4 is 5.82 Å². The van der Waals surface area contributed by atoms with Crippen molar-refractivity contribution in [2.75, 3.05) is 5.32 Å². The molecule has 1 fully saturated rings. The number of hydrogen-bond acceptors (Lipinski definition) is 2. The van der Waals surface area contributed by atoms with Crippen LogP contribution in [0.2, 0.25) is 0 Å². The van der Waals surface area contributed by atoms with Crippen LogP contribution in [0.3, 0.4) is 0 Å². The third kappa shape index (κ3) is 2.55. The highest BCUT2D eigenvalue weighted by Gasteiger charge is 2.32. The molecule has 0 aliphatic heterocycles. The first-order chi connectivity index (χ1) is 7.58. The van der Waals surface area contributed by atoms with E-state index < -0.39 is 0 Å². The minimum Gasteiger partial charge on any atom is -0.367 e. The number of aryl methyl sites for hydroxylation is 1. The second kappa shape index (κ2) is 4.44. The Labute approximate surface area is 98.5 Å². The van der Waals surface area contributed by atoms with E-state index in [1.807, 2.05) is 13.0 Å². The zero-order chi connectivity index (χ0) is 11.6. The van der Waals surface area contributed by atoms with Gasteiger partial charge in [-0.25, -0.2) is 4.98 Å². The summed E-state index contributed by atoms with van der Waals surface area (Å²) in [5, 5.41) is 3.60. The summed E-state index contributed by atoms with van der Waals surface area (Å²) in [5.41, 5.74) is 1.47. The van der Waals surface area contributed by atoms with Gasteiger partial charge >= 0.3 is 0 Å². The maximum absolute atomic E-state index is 4.52. The number of nitrogens with zero attached hydrogens (tertiary/aromatic N) is 1. The SMILES string of the molecule is Cc1cccc(NC2CCCCC2(C)C)n1. The Morgan fingerprint density at radius 3 is 2.81 bits per heavy atom. The fraction of sp³-hybridized carbons (Fsp3) is 0.643. The molecule has 1 saturated carbocycles. The van der Waals surface area contributed by atoms with Crippen molar-refractivity contribution in [3.8, 4) is 0 Å². The molecule has 1 unspecified atom stereocenters. The molecular formula is C14H22N2. The van der Waals surface area contributed by atoms with Gasteiger partial charge in [-0.05, 0) is 37.3 Å². The Hall–Kier alpha value is -1.05. The Bertz CT molecular complexity index is 358. The predicted octanol–water partition coefficient (Wildman–Crippen LogP) is 3.77. The molecule has 1 heterocycles. The van der Waals surface area contributed by atoms with Gasteiger partial charge in [0.05, 0.1) is 0 Å². The van der Waals surface area contributed by atoms with Gasteiger partial charge in [0.1, 0.15) is 5.82 Å². The summed E-state index contributed by atoms with van der Waals surface area (Å²) in [6.07, 6.45) is 5.29. The molecule has 16 heavy (non-hydrogen) atoms. The molecule has 88 valence electrons. The van der Waals surface area contributed by atoms with Crippen LogP contribution in [0.25, 0.3) is 0 Å². The molecule has 0 amide bonds. The van der Waals surface area contributed by atoms with Gasteiger partial charge in [-0.3, -0.25) is 0 Å². The lowest BCUT2D eigenvalue weighted by atomic mass is 9.73. The Morgan fingerprint density at radius 2 is 2.12 bits per heavy atom. The summed E-state index contributed by atoms with van der Waals surface area (Å²) in [6, 6.07) is 6.74. The highest BCUT2D eigenvalue weighted by molar-refractivity contribution is 5.37. The third-order valence-corrected chi connectivity index (χ3v) is 3.72. The van der Waals surface area contributed by atoms with Crippen LogP contribution in [-0.2, 0) is 0 Å². The minimum absolute atomic E-state index is 0.393. The lowest BCUT2D eigenvalue weighted by molar-refractivity contribution is 0.216. The third-order valence-electron chi connectivity index (χ3n) is 3.72. The highest BCUT2D eigenvalue weighted by atomic mass is 15.0. The van der Waals surface area contributed by atoms with Crippen LogP contribution in [0.15, 0.2) is 18.2 Å². The quantitative estimate of drug-likeness (QED) is 0.817. The molecule has 1 aromatic rings. The van der Waals surface area contributed by atoms with E-state index in [9.17, 15) is 0 Å². The second-order valence-electron chi connectivity index (χ2n) is 5.60. The molecule has 1 atom stereocenters. The molecule has 2 heteroatoms. The molecule has 0 bridgehead atoms. The largest absolute Gasteiger partial charge is 0.367 e. The van der Waals surface area contributed by atoms with Crippen molar-refractivity contribution < 1.29 is 0 Å². The predicted molar refractivity (Wildman–Crippen MR) is 68.6 cm³/mol. The minimum atomic E-state index is 0.393. The standard InChI is InChI=1S/C14H22N2/c1-11-7-6-9-13(15-11)16-12-8-4-5-10-14(12,2)3/h6-7,9,12H,4-5,8,10H2,1-3H3,(H,15,16). The molecule has 0 saturated heterocycles. The van der Waals surface area contributed by atoms with Gasteiger partial charge in [0, 0.05) is 11.7 Å². The van der Waals surface area contributed by atoms with Gasteiger partial charge in [-0.2, -0.15) is 0 Å². The Balaban J connectivity index is 2.08. The molecule has 1 N–H and O–H groups in total. The van der Waals surface area contributed by atoms with Crippen molar-refractivity contribution in [1.29, 1.82) is 0 Å².